The van der Waals surface area contributed by atoms with Crippen LogP contribution in [0.15, 0.2) is 24.4 Å². The van der Waals surface area contributed by atoms with Gasteiger partial charge in [-0.05, 0) is 88.6 Å². The number of hydrogen-bond donors (Lipinski definition) is 3. The molecule has 0 bridgehead atoms. The van der Waals surface area contributed by atoms with E-state index in [1.54, 1.807) is 37.4 Å². The minimum Gasteiger partial charge on any atom is -0.495 e. The van der Waals surface area contributed by atoms with Gasteiger partial charge in [-0.15, -0.1) is 0 Å². The summed E-state index contributed by atoms with van der Waals surface area (Å²) in [6, 6.07) is 5.60. The van der Waals surface area contributed by atoms with Crippen molar-refractivity contribution in [2.24, 2.45) is 5.92 Å². The van der Waals surface area contributed by atoms with Crippen molar-refractivity contribution in [3.63, 3.8) is 0 Å². The first-order valence-corrected chi connectivity index (χ1v) is 18.1. The zero-order chi connectivity index (χ0) is 33.5. The molecule has 0 spiro atoms. The molecule has 2 saturated heterocycles. The van der Waals surface area contributed by atoms with Gasteiger partial charge in [0.2, 0.25) is 11.9 Å². The van der Waals surface area contributed by atoms with Gasteiger partial charge in [0.1, 0.15) is 17.5 Å². The zero-order valence-corrected chi connectivity index (χ0v) is 29.0. The molecule has 3 aliphatic heterocycles. The highest BCUT2D eigenvalue weighted by Crippen LogP contribution is 2.40. The Bertz CT molecular complexity index is 1390. The number of amides is 2. The number of ether oxygens (including phenoxy) is 2. The molecule has 12 heteroatoms. The van der Waals surface area contributed by atoms with Gasteiger partial charge in [-0.1, -0.05) is 19.8 Å². The minimum atomic E-state index is -0.235. The highest BCUT2D eigenvalue weighted by molar-refractivity contribution is 6.04. The van der Waals surface area contributed by atoms with Gasteiger partial charge in [-0.3, -0.25) is 9.59 Å². The van der Waals surface area contributed by atoms with Crippen LogP contribution >= 0.6 is 0 Å². The number of benzene rings is 1. The Morgan fingerprint density at radius 2 is 1.83 bits per heavy atom. The fourth-order valence-electron chi connectivity index (χ4n) is 7.79. The van der Waals surface area contributed by atoms with Gasteiger partial charge in [0.15, 0.2) is 5.82 Å². The highest BCUT2D eigenvalue weighted by Gasteiger charge is 2.41. The van der Waals surface area contributed by atoms with Gasteiger partial charge < -0.3 is 40.1 Å². The number of aromatic nitrogens is 2. The van der Waals surface area contributed by atoms with Gasteiger partial charge in [0, 0.05) is 50.9 Å². The fraction of sp³-hybridized carbons (Fsp3) is 0.667. The molecule has 2 amide bonds. The Hall–Kier alpha value is -3.48. The van der Waals surface area contributed by atoms with Gasteiger partial charge in [0.25, 0.3) is 5.91 Å². The SMILES string of the molecule is CCC1C(=O)N(C)c2cnc(Nc3ccc(C(=O)NC4CCN(CCOCCC5CCNCC5)CC4)cc3OC)nc2N1C1CCCC1. The topological polar surface area (TPSA) is 124 Å². The van der Waals surface area contributed by atoms with Crippen molar-refractivity contribution < 1.29 is 19.1 Å². The number of piperidine rings is 2. The monoisotopic (exact) mass is 662 g/mol. The molecule has 4 aliphatic rings. The molecule has 1 aliphatic carbocycles. The molecule has 12 nitrogen and oxygen atoms in total. The van der Waals surface area contributed by atoms with Crippen LogP contribution in [0.2, 0.25) is 0 Å². The second kappa shape index (κ2) is 16.3. The van der Waals surface area contributed by atoms with E-state index < -0.39 is 0 Å². The second-order valence-corrected chi connectivity index (χ2v) is 13.8. The zero-order valence-electron chi connectivity index (χ0n) is 29.0. The van der Waals surface area contributed by atoms with E-state index in [0.29, 0.717) is 29.0 Å². The Morgan fingerprint density at radius 3 is 2.56 bits per heavy atom. The Kier molecular flexibility index (Phi) is 11.7. The molecule has 3 fully saturated rings. The number of likely N-dealkylation sites (tertiary alicyclic amines) is 1. The first-order valence-electron chi connectivity index (χ1n) is 18.1. The lowest BCUT2D eigenvalue weighted by atomic mass is 9.95. The number of nitrogens with one attached hydrogen (secondary N) is 3. The van der Waals surface area contributed by atoms with Crippen LogP contribution in [0.25, 0.3) is 0 Å². The van der Waals surface area contributed by atoms with Crippen LogP contribution in [0, 0.1) is 5.92 Å². The molecular formula is C36H54N8O4. The van der Waals surface area contributed by atoms with E-state index in [4.69, 9.17) is 14.5 Å². The number of anilines is 4. The van der Waals surface area contributed by atoms with Crippen LogP contribution in [0.1, 0.15) is 81.5 Å². The molecule has 4 heterocycles. The minimum absolute atomic E-state index is 0.0885. The quantitative estimate of drug-likeness (QED) is 0.267. The van der Waals surface area contributed by atoms with E-state index in [1.165, 1.54) is 19.3 Å². The molecule has 1 unspecified atom stereocenters. The van der Waals surface area contributed by atoms with E-state index >= 15 is 0 Å². The number of nitrogens with zero attached hydrogens (tertiary/aromatic N) is 5. The molecule has 1 saturated carbocycles. The molecule has 48 heavy (non-hydrogen) atoms. The number of fused-ring (bicyclic) bond motifs is 1. The molecule has 3 N–H and O–H groups in total. The Labute approximate surface area is 285 Å². The third-order valence-corrected chi connectivity index (χ3v) is 10.7. The van der Waals surface area contributed by atoms with Gasteiger partial charge >= 0.3 is 0 Å². The standard InChI is InChI=1S/C36H54N8O4/c1-4-30-35(46)42(2)31-24-38-36(41-33(31)44(30)28-7-5-6-8-28)40-29-10-9-26(23-32(29)47-3)34(45)39-27-13-18-43(19-14-27)20-22-48-21-15-25-11-16-37-17-12-25/h9-10,23-25,27-28,30,37H,4-8,11-22H2,1-3H3,(H,39,45)(H,38,40,41). The second-order valence-electron chi connectivity index (χ2n) is 13.8. The molecule has 262 valence electrons. The number of likely N-dealkylation sites (N-methyl/N-ethyl adjacent to an activating group) is 1. The molecule has 1 aromatic heterocycles. The molecule has 0 radical (unpaired) electrons. The van der Waals surface area contributed by atoms with Crippen LogP contribution in [0.5, 0.6) is 5.75 Å². The molecule has 1 aromatic carbocycles. The summed E-state index contributed by atoms with van der Waals surface area (Å²) in [5, 5.41) is 9.96. The van der Waals surface area contributed by atoms with E-state index in [0.717, 1.165) is 108 Å². The Balaban J connectivity index is 1.02. The lowest BCUT2D eigenvalue weighted by molar-refractivity contribution is -0.120. The predicted molar refractivity (Wildman–Crippen MR) is 188 cm³/mol. The number of hydrogen-bond acceptors (Lipinski definition) is 10. The maximum atomic E-state index is 13.3. The van der Waals surface area contributed by atoms with Crippen molar-refractivity contribution >= 4 is 35.0 Å². The summed E-state index contributed by atoms with van der Waals surface area (Å²) in [6.07, 6.45) is 12.4. The van der Waals surface area contributed by atoms with Crippen LogP contribution in [0.4, 0.5) is 23.1 Å². The van der Waals surface area contributed by atoms with Crippen molar-refractivity contribution in [2.75, 3.05) is 75.2 Å². The van der Waals surface area contributed by atoms with E-state index in [9.17, 15) is 9.59 Å². The van der Waals surface area contributed by atoms with Crippen molar-refractivity contribution in [3.8, 4) is 5.75 Å². The lowest BCUT2D eigenvalue weighted by Gasteiger charge is -2.43. The molecule has 6 rings (SSSR count). The number of carbonyl (C=O) groups is 2. The van der Waals surface area contributed by atoms with E-state index in [2.05, 4.69) is 37.7 Å². The van der Waals surface area contributed by atoms with Crippen molar-refractivity contribution in [1.82, 2.24) is 25.5 Å². The van der Waals surface area contributed by atoms with Gasteiger partial charge in [0.05, 0.1) is 25.6 Å². The third-order valence-electron chi connectivity index (χ3n) is 10.7. The van der Waals surface area contributed by atoms with Crippen LogP contribution in [-0.2, 0) is 9.53 Å². The average molecular weight is 663 g/mol. The van der Waals surface area contributed by atoms with Crippen molar-refractivity contribution in [2.45, 2.75) is 89.3 Å². The summed E-state index contributed by atoms with van der Waals surface area (Å²) < 4.78 is 11.7. The molecule has 1 atom stereocenters. The number of rotatable bonds is 13. The maximum absolute atomic E-state index is 13.3. The van der Waals surface area contributed by atoms with Crippen molar-refractivity contribution in [1.29, 1.82) is 0 Å². The van der Waals surface area contributed by atoms with Gasteiger partial charge in [-0.2, -0.15) is 4.98 Å². The lowest BCUT2D eigenvalue weighted by Crippen LogP contribution is -2.55. The summed E-state index contributed by atoms with van der Waals surface area (Å²) in [4.78, 5) is 42.3. The normalized spacial score (nSPS) is 21.4. The van der Waals surface area contributed by atoms with Crippen LogP contribution < -0.4 is 30.5 Å². The first-order chi connectivity index (χ1) is 23.4. The largest absolute Gasteiger partial charge is 0.495 e. The molecular weight excluding hydrogens is 608 g/mol. The fourth-order valence-corrected chi connectivity index (χ4v) is 7.79. The maximum Gasteiger partial charge on any atom is 0.251 e. The predicted octanol–water partition coefficient (Wildman–Crippen LogP) is 4.33. The Morgan fingerprint density at radius 1 is 1.06 bits per heavy atom. The summed E-state index contributed by atoms with van der Waals surface area (Å²) in [7, 11) is 3.40. The highest BCUT2D eigenvalue weighted by atomic mass is 16.5. The van der Waals surface area contributed by atoms with Gasteiger partial charge in [-0.25, -0.2) is 4.98 Å². The summed E-state index contributed by atoms with van der Waals surface area (Å²) in [5.41, 5.74) is 1.94. The average Bonchev–Trinajstić information content (AvgIpc) is 3.65. The summed E-state index contributed by atoms with van der Waals surface area (Å²) in [5.74, 6) is 2.53. The number of carbonyl (C=O) groups excluding carboxylic acids is 2. The van der Waals surface area contributed by atoms with Crippen LogP contribution in [-0.4, -0.2) is 105 Å². The summed E-state index contributed by atoms with van der Waals surface area (Å²) in [6.45, 7) is 8.82. The third kappa shape index (κ3) is 8.03. The van der Waals surface area contributed by atoms with Crippen molar-refractivity contribution in [3.05, 3.63) is 30.0 Å². The van der Waals surface area contributed by atoms with E-state index in [1.807, 2.05) is 6.07 Å². The number of methoxy groups -OCH3 is 1. The molecule has 2 aromatic rings. The van der Waals surface area contributed by atoms with Crippen LogP contribution in [0.3, 0.4) is 0 Å². The first kappa shape index (κ1) is 34.4. The summed E-state index contributed by atoms with van der Waals surface area (Å²) >= 11 is 0. The smallest absolute Gasteiger partial charge is 0.251 e. The van der Waals surface area contributed by atoms with E-state index in [-0.39, 0.29) is 23.9 Å².